The maximum atomic E-state index is 11.6. The summed E-state index contributed by atoms with van der Waals surface area (Å²) in [5, 5.41) is 7.46. The molecule has 0 radical (unpaired) electrons. The van der Waals surface area contributed by atoms with Crippen molar-refractivity contribution in [1.29, 1.82) is 0 Å². The number of nitrogens with one attached hydrogen (secondary N) is 1. The standard InChI is InChI=1S/C11H12ClN3O2/c1-2-15-7-8(12)9(14-15)6-13-11(16)10-4-3-5-17-10/h3-5,7H,2,6H2,1H3,(H,13,16). The molecule has 6 heteroatoms. The van der Waals surface area contributed by atoms with Gasteiger partial charge in [-0.25, -0.2) is 0 Å². The maximum absolute atomic E-state index is 11.6. The van der Waals surface area contributed by atoms with Crippen LogP contribution in [0.1, 0.15) is 23.2 Å². The van der Waals surface area contributed by atoms with Gasteiger partial charge in [0.2, 0.25) is 0 Å². The highest BCUT2D eigenvalue weighted by Gasteiger charge is 2.11. The van der Waals surface area contributed by atoms with E-state index in [1.807, 2.05) is 6.92 Å². The minimum absolute atomic E-state index is 0.274. The fourth-order valence-electron chi connectivity index (χ4n) is 1.38. The second kappa shape index (κ2) is 5.05. The molecule has 5 nitrogen and oxygen atoms in total. The van der Waals surface area contributed by atoms with E-state index in [1.165, 1.54) is 6.26 Å². The van der Waals surface area contributed by atoms with Crippen molar-refractivity contribution in [2.24, 2.45) is 0 Å². The van der Waals surface area contributed by atoms with Crippen LogP contribution in [0.25, 0.3) is 0 Å². The number of amides is 1. The van der Waals surface area contributed by atoms with Crippen molar-refractivity contribution in [3.63, 3.8) is 0 Å². The van der Waals surface area contributed by atoms with Crippen LogP contribution < -0.4 is 5.32 Å². The van der Waals surface area contributed by atoms with Crippen molar-refractivity contribution in [3.05, 3.63) is 41.1 Å². The first-order valence-corrected chi connectivity index (χ1v) is 5.62. The van der Waals surface area contributed by atoms with Crippen molar-refractivity contribution < 1.29 is 9.21 Å². The number of aryl methyl sites for hydroxylation is 1. The first-order chi connectivity index (χ1) is 8.20. The summed E-state index contributed by atoms with van der Waals surface area (Å²) in [5.41, 5.74) is 0.647. The Kier molecular flexibility index (Phi) is 3.49. The molecular formula is C11H12ClN3O2. The summed E-state index contributed by atoms with van der Waals surface area (Å²) in [6.45, 7) is 2.99. The number of furan rings is 1. The Bertz CT molecular complexity index is 505. The van der Waals surface area contributed by atoms with E-state index >= 15 is 0 Å². The predicted molar refractivity (Wildman–Crippen MR) is 62.8 cm³/mol. The van der Waals surface area contributed by atoms with E-state index in [2.05, 4.69) is 10.4 Å². The molecule has 1 N–H and O–H groups in total. The van der Waals surface area contributed by atoms with Crippen molar-refractivity contribution in [1.82, 2.24) is 15.1 Å². The molecule has 0 spiro atoms. The quantitative estimate of drug-likeness (QED) is 0.908. The molecule has 0 aliphatic heterocycles. The second-order valence-corrected chi connectivity index (χ2v) is 3.85. The fourth-order valence-corrected chi connectivity index (χ4v) is 1.59. The van der Waals surface area contributed by atoms with Gasteiger partial charge in [0.25, 0.3) is 5.91 Å². The lowest BCUT2D eigenvalue weighted by Gasteiger charge is -2.00. The van der Waals surface area contributed by atoms with Gasteiger partial charge in [0, 0.05) is 12.7 Å². The molecule has 0 aliphatic rings. The summed E-state index contributed by atoms with van der Waals surface area (Å²) in [6.07, 6.45) is 3.18. The zero-order valence-corrected chi connectivity index (χ0v) is 10.1. The molecule has 2 heterocycles. The van der Waals surface area contributed by atoms with Gasteiger partial charge in [-0.2, -0.15) is 5.10 Å². The lowest BCUT2D eigenvalue weighted by molar-refractivity contribution is 0.0922. The van der Waals surface area contributed by atoms with Crippen LogP contribution in [0.2, 0.25) is 5.02 Å². The van der Waals surface area contributed by atoms with Gasteiger partial charge in [-0.15, -0.1) is 0 Å². The summed E-state index contributed by atoms with van der Waals surface area (Å²) >= 11 is 5.97. The first-order valence-electron chi connectivity index (χ1n) is 5.24. The summed E-state index contributed by atoms with van der Waals surface area (Å²) in [5.74, 6) is -0.00633. The molecule has 17 heavy (non-hydrogen) atoms. The topological polar surface area (TPSA) is 60.1 Å². The van der Waals surface area contributed by atoms with Gasteiger partial charge in [-0.1, -0.05) is 11.6 Å². The Morgan fingerprint density at radius 2 is 2.47 bits per heavy atom. The van der Waals surface area contributed by atoms with Crippen LogP contribution in [0, 0.1) is 0 Å². The van der Waals surface area contributed by atoms with Crippen LogP contribution in [0.4, 0.5) is 0 Å². The predicted octanol–water partition coefficient (Wildman–Crippen LogP) is 2.08. The molecule has 0 saturated heterocycles. The fraction of sp³-hybridized carbons (Fsp3) is 0.273. The summed E-state index contributed by atoms with van der Waals surface area (Å²) in [7, 11) is 0. The molecule has 2 aromatic rings. The van der Waals surface area contributed by atoms with Crippen LogP contribution >= 0.6 is 11.6 Å². The number of carbonyl (C=O) groups excluding carboxylic acids is 1. The summed E-state index contributed by atoms with van der Waals surface area (Å²) in [6, 6.07) is 3.26. The van der Waals surface area contributed by atoms with Gasteiger partial charge in [0.15, 0.2) is 5.76 Å². The Hall–Kier alpha value is -1.75. The van der Waals surface area contributed by atoms with Crippen molar-refractivity contribution in [2.45, 2.75) is 20.0 Å². The average molecular weight is 254 g/mol. The zero-order chi connectivity index (χ0) is 12.3. The monoisotopic (exact) mass is 253 g/mol. The third kappa shape index (κ3) is 2.68. The molecule has 0 unspecified atom stereocenters. The molecule has 0 atom stereocenters. The number of rotatable bonds is 4. The van der Waals surface area contributed by atoms with Crippen LogP contribution in [0.5, 0.6) is 0 Å². The van der Waals surface area contributed by atoms with Gasteiger partial charge >= 0.3 is 0 Å². The number of halogens is 1. The Morgan fingerprint density at radius 1 is 1.65 bits per heavy atom. The largest absolute Gasteiger partial charge is 0.459 e. The molecule has 90 valence electrons. The highest BCUT2D eigenvalue weighted by atomic mass is 35.5. The lowest BCUT2D eigenvalue weighted by Crippen LogP contribution is -2.22. The smallest absolute Gasteiger partial charge is 0.287 e. The molecule has 2 rings (SSSR count). The van der Waals surface area contributed by atoms with Crippen molar-refractivity contribution in [2.75, 3.05) is 0 Å². The van der Waals surface area contributed by atoms with Gasteiger partial charge in [0.1, 0.15) is 5.69 Å². The number of aromatic nitrogens is 2. The minimum Gasteiger partial charge on any atom is -0.459 e. The zero-order valence-electron chi connectivity index (χ0n) is 9.31. The van der Waals surface area contributed by atoms with E-state index in [0.717, 1.165) is 6.54 Å². The second-order valence-electron chi connectivity index (χ2n) is 3.44. The molecule has 0 saturated carbocycles. The number of carbonyl (C=O) groups is 1. The van der Waals surface area contributed by atoms with Crippen LogP contribution in [-0.4, -0.2) is 15.7 Å². The Morgan fingerprint density at radius 3 is 3.06 bits per heavy atom. The minimum atomic E-state index is -0.280. The number of hydrogen-bond donors (Lipinski definition) is 1. The van der Waals surface area contributed by atoms with Gasteiger partial charge in [-0.05, 0) is 19.1 Å². The maximum Gasteiger partial charge on any atom is 0.287 e. The highest BCUT2D eigenvalue weighted by molar-refractivity contribution is 6.31. The molecule has 1 amide bonds. The van der Waals surface area contributed by atoms with Gasteiger partial charge in [0.05, 0.1) is 17.8 Å². The molecule has 0 fully saturated rings. The van der Waals surface area contributed by atoms with Gasteiger partial charge in [-0.3, -0.25) is 9.48 Å². The highest BCUT2D eigenvalue weighted by Crippen LogP contribution is 2.13. The molecule has 0 aliphatic carbocycles. The van der Waals surface area contributed by atoms with E-state index in [9.17, 15) is 4.79 Å². The third-order valence-corrected chi connectivity index (χ3v) is 2.59. The third-order valence-electron chi connectivity index (χ3n) is 2.27. The summed E-state index contributed by atoms with van der Waals surface area (Å²) < 4.78 is 6.69. The van der Waals surface area contributed by atoms with E-state index in [4.69, 9.17) is 16.0 Å². The first kappa shape index (κ1) is 11.7. The molecular weight excluding hydrogens is 242 g/mol. The normalized spacial score (nSPS) is 10.5. The summed E-state index contributed by atoms with van der Waals surface area (Å²) in [4.78, 5) is 11.6. The van der Waals surface area contributed by atoms with E-state index in [1.54, 1.807) is 23.0 Å². The van der Waals surface area contributed by atoms with Crippen LogP contribution in [0.3, 0.4) is 0 Å². The Labute approximate surface area is 103 Å². The van der Waals surface area contributed by atoms with Gasteiger partial charge < -0.3 is 9.73 Å². The van der Waals surface area contributed by atoms with Crippen molar-refractivity contribution in [3.8, 4) is 0 Å². The number of nitrogens with zero attached hydrogens (tertiary/aromatic N) is 2. The van der Waals surface area contributed by atoms with Crippen molar-refractivity contribution >= 4 is 17.5 Å². The molecule has 2 aromatic heterocycles. The Balaban J connectivity index is 1.98. The lowest BCUT2D eigenvalue weighted by atomic mass is 10.4. The van der Waals surface area contributed by atoms with Crippen LogP contribution in [0.15, 0.2) is 29.0 Å². The van der Waals surface area contributed by atoms with E-state index in [-0.39, 0.29) is 18.2 Å². The average Bonchev–Trinajstić information content (AvgIpc) is 2.95. The SMILES string of the molecule is CCn1cc(Cl)c(CNC(=O)c2ccco2)n1. The number of hydrogen-bond acceptors (Lipinski definition) is 3. The van der Waals surface area contributed by atoms with E-state index < -0.39 is 0 Å². The molecule has 0 bridgehead atoms. The van der Waals surface area contributed by atoms with Crippen LogP contribution in [-0.2, 0) is 13.1 Å². The molecule has 0 aromatic carbocycles. The van der Waals surface area contributed by atoms with E-state index in [0.29, 0.717) is 10.7 Å².